The molecule has 0 fully saturated rings. The lowest BCUT2D eigenvalue weighted by molar-refractivity contribution is 0.112. The van der Waals surface area contributed by atoms with Crippen molar-refractivity contribution >= 4 is 12.1 Å². The number of nitrogens with two attached hydrogens (primary N) is 1. The number of anilines is 1. The average Bonchev–Trinajstić information content (AvgIpc) is 2.70. The second-order valence-corrected chi connectivity index (χ2v) is 5.10. The Balaban J connectivity index is 2.64. The monoisotopic (exact) mass is 257 g/mol. The van der Waals surface area contributed by atoms with E-state index in [1.165, 1.54) is 11.1 Å². The Morgan fingerprint density at radius 3 is 2.47 bits per heavy atom. The minimum absolute atomic E-state index is 0.124. The van der Waals surface area contributed by atoms with E-state index in [4.69, 9.17) is 5.73 Å². The highest BCUT2D eigenvalue weighted by molar-refractivity contribution is 5.91. The fourth-order valence-electron chi connectivity index (χ4n) is 2.07. The average molecular weight is 257 g/mol. The molecule has 100 valence electrons. The van der Waals surface area contributed by atoms with Gasteiger partial charge in [0.15, 0.2) is 6.29 Å². The Bertz CT molecular complexity index is 627. The predicted molar refractivity (Wildman–Crippen MR) is 77.3 cm³/mol. The van der Waals surface area contributed by atoms with Crippen LogP contribution in [-0.4, -0.2) is 16.1 Å². The minimum Gasteiger partial charge on any atom is -0.383 e. The molecule has 0 unspecified atom stereocenters. The third kappa shape index (κ3) is 2.26. The van der Waals surface area contributed by atoms with Crippen LogP contribution in [-0.2, 0) is 0 Å². The van der Waals surface area contributed by atoms with E-state index in [0.29, 0.717) is 17.1 Å². The van der Waals surface area contributed by atoms with Crippen LogP contribution in [0, 0.1) is 13.8 Å². The summed E-state index contributed by atoms with van der Waals surface area (Å²) in [6, 6.07) is 6.17. The van der Waals surface area contributed by atoms with Crippen molar-refractivity contribution < 1.29 is 4.79 Å². The maximum absolute atomic E-state index is 11.3. The van der Waals surface area contributed by atoms with Crippen LogP contribution >= 0.6 is 0 Å². The highest BCUT2D eigenvalue weighted by Gasteiger charge is 2.18. The highest BCUT2D eigenvalue weighted by atomic mass is 16.1. The Morgan fingerprint density at radius 2 is 1.95 bits per heavy atom. The second-order valence-electron chi connectivity index (χ2n) is 5.10. The molecule has 1 aromatic heterocycles. The van der Waals surface area contributed by atoms with Crippen LogP contribution in [0.5, 0.6) is 0 Å². The van der Waals surface area contributed by atoms with Crippen molar-refractivity contribution in [2.45, 2.75) is 33.7 Å². The molecule has 0 aliphatic heterocycles. The molecule has 2 rings (SSSR count). The van der Waals surface area contributed by atoms with Crippen molar-refractivity contribution in [3.8, 4) is 11.3 Å². The van der Waals surface area contributed by atoms with Crippen molar-refractivity contribution in [2.24, 2.45) is 0 Å². The number of hydrogen-bond acceptors (Lipinski definition) is 3. The summed E-state index contributed by atoms with van der Waals surface area (Å²) in [4.78, 5) is 11.3. The predicted octanol–water partition coefficient (Wildman–Crippen LogP) is 3.14. The second kappa shape index (κ2) is 4.88. The molecule has 0 saturated heterocycles. The number of benzene rings is 1. The topological polar surface area (TPSA) is 60.9 Å². The molecule has 0 amide bonds. The maximum Gasteiger partial charge on any atom is 0.156 e. The zero-order valence-electron chi connectivity index (χ0n) is 11.8. The van der Waals surface area contributed by atoms with Gasteiger partial charge < -0.3 is 5.73 Å². The van der Waals surface area contributed by atoms with Gasteiger partial charge in [0.05, 0.1) is 5.56 Å². The standard InChI is InChI=1S/C15H19N3O/c1-9(2)18-15(16)13(8-19)14(17-18)12-6-5-10(3)11(4)7-12/h5-9H,16H2,1-4H3. The van der Waals surface area contributed by atoms with Gasteiger partial charge in [-0.3, -0.25) is 4.79 Å². The van der Waals surface area contributed by atoms with Crippen LogP contribution in [0.25, 0.3) is 11.3 Å². The van der Waals surface area contributed by atoms with Crippen molar-refractivity contribution in [1.29, 1.82) is 0 Å². The summed E-state index contributed by atoms with van der Waals surface area (Å²) < 4.78 is 1.69. The molecule has 0 radical (unpaired) electrons. The van der Waals surface area contributed by atoms with Crippen LogP contribution in [0.4, 0.5) is 5.82 Å². The van der Waals surface area contributed by atoms with Crippen LogP contribution in [0.2, 0.25) is 0 Å². The van der Waals surface area contributed by atoms with Gasteiger partial charge in [-0.25, -0.2) is 4.68 Å². The Hall–Kier alpha value is -2.10. The lowest BCUT2D eigenvalue weighted by atomic mass is 10.0. The quantitative estimate of drug-likeness (QED) is 0.859. The summed E-state index contributed by atoms with van der Waals surface area (Å²) in [5.74, 6) is 0.429. The van der Waals surface area contributed by atoms with Gasteiger partial charge >= 0.3 is 0 Å². The van der Waals surface area contributed by atoms with E-state index < -0.39 is 0 Å². The molecule has 0 aliphatic carbocycles. The molecular formula is C15H19N3O. The van der Waals surface area contributed by atoms with Gasteiger partial charge in [-0.1, -0.05) is 12.1 Å². The number of nitrogens with zero attached hydrogens (tertiary/aromatic N) is 2. The molecule has 19 heavy (non-hydrogen) atoms. The number of aryl methyl sites for hydroxylation is 2. The van der Waals surface area contributed by atoms with Crippen molar-refractivity contribution in [3.05, 3.63) is 34.9 Å². The van der Waals surface area contributed by atoms with Crippen molar-refractivity contribution in [1.82, 2.24) is 9.78 Å². The lowest BCUT2D eigenvalue weighted by Gasteiger charge is -2.06. The van der Waals surface area contributed by atoms with Crippen LogP contribution in [0.3, 0.4) is 0 Å². The first-order chi connectivity index (χ1) is 8.95. The number of nitrogen functional groups attached to an aromatic ring is 1. The van der Waals surface area contributed by atoms with Crippen molar-refractivity contribution in [2.75, 3.05) is 5.73 Å². The third-order valence-corrected chi connectivity index (χ3v) is 3.37. The lowest BCUT2D eigenvalue weighted by Crippen LogP contribution is -2.07. The van der Waals surface area contributed by atoms with Gasteiger partial charge in [0.25, 0.3) is 0 Å². The molecule has 4 nitrogen and oxygen atoms in total. The van der Waals surface area contributed by atoms with E-state index in [1.807, 2.05) is 39.0 Å². The molecule has 0 aliphatic rings. The number of hydrogen-bond donors (Lipinski definition) is 1. The first-order valence-electron chi connectivity index (χ1n) is 6.36. The molecule has 1 heterocycles. The van der Waals surface area contributed by atoms with Crippen LogP contribution in [0.15, 0.2) is 18.2 Å². The molecule has 0 atom stereocenters. The Kier molecular flexibility index (Phi) is 3.42. The van der Waals surface area contributed by atoms with Gasteiger partial charge in [0.1, 0.15) is 11.5 Å². The molecule has 4 heteroatoms. The molecule has 0 spiro atoms. The molecule has 1 aromatic carbocycles. The summed E-state index contributed by atoms with van der Waals surface area (Å²) in [5, 5.41) is 4.48. The normalized spacial score (nSPS) is 11.0. The fraction of sp³-hybridized carbons (Fsp3) is 0.333. The summed E-state index contributed by atoms with van der Waals surface area (Å²) in [6.07, 6.45) is 0.783. The Labute approximate surface area is 113 Å². The van der Waals surface area contributed by atoms with Crippen molar-refractivity contribution in [3.63, 3.8) is 0 Å². The fourth-order valence-corrected chi connectivity index (χ4v) is 2.07. The first-order valence-corrected chi connectivity index (χ1v) is 6.36. The summed E-state index contributed by atoms with van der Waals surface area (Å²) in [5.41, 5.74) is 10.4. The first kappa shape index (κ1) is 13.3. The van der Waals surface area contributed by atoms with Gasteiger partial charge in [-0.15, -0.1) is 0 Å². The third-order valence-electron chi connectivity index (χ3n) is 3.37. The Morgan fingerprint density at radius 1 is 1.26 bits per heavy atom. The number of carbonyl (C=O) groups excluding carboxylic acids is 1. The molecular weight excluding hydrogens is 238 g/mol. The SMILES string of the molecule is Cc1ccc(-c2nn(C(C)C)c(N)c2C=O)cc1C. The molecule has 2 aromatic rings. The zero-order chi connectivity index (χ0) is 14.2. The minimum atomic E-state index is 0.124. The van der Waals surface area contributed by atoms with E-state index in [1.54, 1.807) is 4.68 Å². The molecule has 0 bridgehead atoms. The maximum atomic E-state index is 11.3. The summed E-state index contributed by atoms with van der Waals surface area (Å²) in [6.45, 7) is 8.08. The van der Waals surface area contributed by atoms with Gasteiger partial charge in [-0.05, 0) is 44.9 Å². The van der Waals surface area contributed by atoms with E-state index in [2.05, 4.69) is 12.0 Å². The van der Waals surface area contributed by atoms with E-state index in [-0.39, 0.29) is 6.04 Å². The number of aldehydes is 1. The van der Waals surface area contributed by atoms with E-state index in [9.17, 15) is 4.79 Å². The smallest absolute Gasteiger partial charge is 0.156 e. The summed E-state index contributed by atoms with van der Waals surface area (Å²) >= 11 is 0. The zero-order valence-corrected chi connectivity index (χ0v) is 11.8. The van der Waals surface area contributed by atoms with Gasteiger partial charge in [0, 0.05) is 11.6 Å². The number of aromatic nitrogens is 2. The molecule has 2 N–H and O–H groups in total. The molecule has 0 saturated carbocycles. The van der Waals surface area contributed by atoms with E-state index >= 15 is 0 Å². The summed E-state index contributed by atoms with van der Waals surface area (Å²) in [7, 11) is 0. The highest BCUT2D eigenvalue weighted by Crippen LogP contribution is 2.28. The van der Waals surface area contributed by atoms with E-state index in [0.717, 1.165) is 11.8 Å². The number of rotatable bonds is 3. The largest absolute Gasteiger partial charge is 0.383 e. The van der Waals surface area contributed by atoms with Crippen LogP contribution in [0.1, 0.15) is 41.4 Å². The van der Waals surface area contributed by atoms with Gasteiger partial charge in [0.2, 0.25) is 0 Å². The number of carbonyl (C=O) groups is 1. The van der Waals surface area contributed by atoms with Crippen LogP contribution < -0.4 is 5.73 Å². The van der Waals surface area contributed by atoms with Gasteiger partial charge in [-0.2, -0.15) is 5.10 Å².